The number of alkyl halides is 4. The Morgan fingerprint density at radius 1 is 0.374 bits per heavy atom. The van der Waals surface area contributed by atoms with Crippen LogP contribution in [-0.2, 0) is 95.2 Å². The van der Waals surface area contributed by atoms with Crippen LogP contribution in [0.2, 0.25) is 0 Å². The van der Waals surface area contributed by atoms with Gasteiger partial charge in [-0.1, -0.05) is 0 Å². The maximum Gasteiger partial charge on any atom is 0.368 e. The molecular weight excluding hydrogens is 1770 g/mol. The molecule has 0 bridgehead atoms. The van der Waals surface area contributed by atoms with E-state index in [2.05, 4.69) is 150 Å². The van der Waals surface area contributed by atoms with Crippen LogP contribution in [0.5, 0.6) is 0 Å². The Bertz CT molecular complexity index is 3190. The number of rotatable bonds is 35. The monoisotopic (exact) mass is 1940 g/mol. The topological polar surface area (TPSA) is 442 Å². The van der Waals surface area contributed by atoms with E-state index < -0.39 is 97.9 Å². The van der Waals surface area contributed by atoms with Crippen LogP contribution in [0.1, 0.15) is 145 Å². The number of carboxylic acids is 8. The molecule has 131 heavy (non-hydrogen) atoms. The van der Waals surface area contributed by atoms with Gasteiger partial charge in [0.25, 0.3) is 0 Å². The lowest BCUT2D eigenvalue weighted by Gasteiger charge is -2.44. The number of hydrogen-bond donors (Lipinski definition) is 8. The summed E-state index contributed by atoms with van der Waals surface area (Å²) >= 11 is 2.90. The first-order valence-corrected chi connectivity index (χ1v) is 47.1. The van der Waals surface area contributed by atoms with Crippen molar-refractivity contribution >= 4 is 71.3 Å². The number of carboxylic acid groups (broad SMARTS) is 8. The minimum atomic E-state index is -3.23. The minimum Gasteiger partial charge on any atom is -0.481 e. The smallest absolute Gasteiger partial charge is 0.368 e. The van der Waals surface area contributed by atoms with Crippen molar-refractivity contribution in [3.63, 3.8) is 0 Å². The van der Waals surface area contributed by atoms with Crippen LogP contribution in [0.25, 0.3) is 0 Å². The highest BCUT2D eigenvalue weighted by Crippen LogP contribution is 2.31. The second-order valence-electron chi connectivity index (χ2n) is 39.0. The van der Waals surface area contributed by atoms with E-state index in [1.54, 1.807) is 28.5 Å². The maximum absolute atomic E-state index is 13.4. The van der Waals surface area contributed by atoms with E-state index in [4.69, 9.17) is 88.2 Å². The lowest BCUT2D eigenvalue weighted by atomic mass is 10.0. The van der Waals surface area contributed by atoms with Crippen molar-refractivity contribution in [2.75, 3.05) is 261 Å². The second kappa shape index (κ2) is 62.3. The Kier molecular flexibility index (Phi) is 59.1. The fraction of sp³-hybridized carbons (Fsp3) is 0.908. The van der Waals surface area contributed by atoms with Gasteiger partial charge in [0.15, 0.2) is 0 Å². The average molecular weight is 1940 g/mol. The molecule has 8 heterocycles. The molecule has 0 spiro atoms. The normalized spacial score (nSPS) is 23.7. The van der Waals surface area contributed by atoms with E-state index >= 15 is 0 Å². The summed E-state index contributed by atoms with van der Waals surface area (Å²) in [6, 6.07) is 1.38. The van der Waals surface area contributed by atoms with Crippen LogP contribution in [0.4, 0.5) is 17.6 Å². The molecule has 0 aromatic carbocycles. The summed E-state index contributed by atoms with van der Waals surface area (Å²) in [5.74, 6) is -5.22. The van der Waals surface area contributed by atoms with Gasteiger partial charge >= 0.3 is 60.0 Å². The number of nitrogens with zero attached hydrogens (tertiary/aromatic N) is 10. The molecule has 44 heteroatoms. The predicted octanol–water partition coefficient (Wildman–Crippen LogP) is 5.97. The van der Waals surface area contributed by atoms with E-state index in [1.165, 1.54) is 23.5 Å². The molecule has 8 atom stereocenters. The third kappa shape index (κ3) is 58.0. The molecule has 0 aromatic heterocycles. The first kappa shape index (κ1) is 124. The molecule has 8 unspecified atom stereocenters. The van der Waals surface area contributed by atoms with E-state index in [9.17, 15) is 55.9 Å². The summed E-state index contributed by atoms with van der Waals surface area (Å²) in [7, 11) is 3.65. The quantitative estimate of drug-likeness (QED) is 0.0338. The second-order valence-corrected chi connectivity index (χ2v) is 41.0. The standard InChI is InChI=1S/C12H24N2O3.C11H19F2NO4.C11H22N2O3.2C11H21NO4.C11H21NO3S.C10H17F2NO4.C10H19NO3S/c1-12(2,3)14-5-6-17-10(8-14)7-13(4)9-11(15)16;1-10(2,3)14-4-8(5-17-6-9(15)16)18-11(12,13)7-14;1-9(2)13-4-5-16-8-10(13)6-12(3)7-11(14)15;1-11(2,3)12-4-5-15-6-9(12)7-16-8-10(13)14;1-11(2,3)12-4-5-16-9(6-12)7-15-8-10(13)14;1-11(2,3)12-4-5-15-9(6-12)7-16-8-10(13)14;1-7(2)13-6-10(11,12)17-4-8(13)3-16-5-9(14)15;1-8(2)11-3-4-14-5-9(11)6-15-7-10(12)13/h10H,5-9H2,1-4H3,(H,15,16);8H,4-7H2,1-3H3,(H,15,16);9-10H,4-8H2,1-3H3,(H,14,15);3*9H,4-8H2,1-3H3,(H,13,14);7-8H,3-6H2,1-2H3,(H,14,15);8-9H,3-7H2,1-2H3,(H,12,13). The number of halogens is 4. The van der Waals surface area contributed by atoms with Gasteiger partial charge in [0.05, 0.1) is 167 Å². The third-order valence-electron chi connectivity index (χ3n) is 21.3. The van der Waals surface area contributed by atoms with Crippen molar-refractivity contribution in [2.24, 2.45) is 0 Å². The molecule has 0 aliphatic carbocycles. The van der Waals surface area contributed by atoms with Crippen LogP contribution >= 0.6 is 23.5 Å². The van der Waals surface area contributed by atoms with E-state index in [0.717, 1.165) is 117 Å². The number of carbonyl (C=O) groups is 8. The SMILES string of the molecule is CC(C)(C)N1CC(COCC(=O)O)OC(F)(F)C1.CC(C)(C)N1CCOC(COCC(=O)O)C1.CC(C)(C)N1CCOC(CSCC(=O)O)C1.CC(C)(C)N1CCOCC1COCC(=O)O.CC(C)N1CC(F)(F)OCC1COCC(=O)O.CC(C)N1CCOCC1CN(C)CC(=O)O.CC(C)N1CCOCC1CSCC(=O)O.CN(CC(=O)O)CC1CN(C(C)(C)C)CCO1. The Labute approximate surface area is 783 Å². The number of aliphatic carboxylic acids is 8. The van der Waals surface area contributed by atoms with Crippen molar-refractivity contribution in [3.8, 4) is 0 Å². The molecule has 8 fully saturated rings. The zero-order chi connectivity index (χ0) is 100. The highest BCUT2D eigenvalue weighted by molar-refractivity contribution is 8.00. The molecule has 38 nitrogen and oxygen atoms in total. The maximum atomic E-state index is 13.4. The van der Waals surface area contributed by atoms with Crippen LogP contribution in [0.15, 0.2) is 0 Å². The number of likely N-dealkylation sites (N-methyl/N-ethyl adjacent to an activating group) is 2. The van der Waals surface area contributed by atoms with Crippen molar-refractivity contribution < 1.29 is 154 Å². The number of morpholine rings is 8. The molecule has 0 radical (unpaired) electrons. The first-order valence-electron chi connectivity index (χ1n) is 44.8. The van der Waals surface area contributed by atoms with Gasteiger partial charge in [0, 0.05) is 148 Å². The van der Waals surface area contributed by atoms with Crippen LogP contribution in [0.3, 0.4) is 0 Å². The largest absolute Gasteiger partial charge is 0.481 e. The number of thioether (sulfide) groups is 2. The molecule has 8 saturated heterocycles. The Hall–Kier alpha value is -4.70. The van der Waals surface area contributed by atoms with E-state index in [1.807, 2.05) is 39.8 Å². The fourth-order valence-corrected chi connectivity index (χ4v) is 16.5. The minimum absolute atomic E-state index is 0.0210. The number of ether oxygens (including phenoxy) is 12. The average Bonchev–Trinajstić information content (AvgIpc) is 0.804. The van der Waals surface area contributed by atoms with Crippen molar-refractivity contribution in [1.82, 2.24) is 49.0 Å². The number of hydrogen-bond acceptors (Lipinski definition) is 32. The summed E-state index contributed by atoms with van der Waals surface area (Å²) in [5.41, 5.74) is 0.0843. The first-order chi connectivity index (χ1) is 60.5. The van der Waals surface area contributed by atoms with Gasteiger partial charge in [0.1, 0.15) is 26.4 Å². The third-order valence-corrected chi connectivity index (χ3v) is 23.5. The molecule has 0 saturated carbocycles. The molecular formula is C87H164F4N10O28S2. The van der Waals surface area contributed by atoms with E-state index in [-0.39, 0.29) is 116 Å². The zero-order valence-electron chi connectivity index (χ0n) is 82.3. The van der Waals surface area contributed by atoms with E-state index in [0.29, 0.717) is 70.3 Å². The van der Waals surface area contributed by atoms with Gasteiger partial charge in [-0.15, -0.1) is 23.5 Å². The highest BCUT2D eigenvalue weighted by atomic mass is 32.2. The Morgan fingerprint density at radius 3 is 1.15 bits per heavy atom. The van der Waals surface area contributed by atoms with Crippen LogP contribution in [-0.4, -0.2) is 505 Å². The van der Waals surface area contributed by atoms with Crippen molar-refractivity contribution in [2.45, 2.75) is 252 Å². The molecule has 8 rings (SSSR count). The summed E-state index contributed by atoms with van der Waals surface area (Å²) in [6.45, 7) is 58.4. The fourth-order valence-electron chi connectivity index (χ4n) is 14.8. The summed E-state index contributed by atoms with van der Waals surface area (Å²) in [6.07, 6.45) is -6.96. The van der Waals surface area contributed by atoms with Gasteiger partial charge in [-0.25, -0.2) is 19.2 Å². The lowest BCUT2D eigenvalue weighted by molar-refractivity contribution is -0.309. The Balaban J connectivity index is 0.000000749. The zero-order valence-corrected chi connectivity index (χ0v) is 83.9. The van der Waals surface area contributed by atoms with Gasteiger partial charge < -0.3 is 97.7 Å². The summed E-state index contributed by atoms with van der Waals surface area (Å²) in [4.78, 5) is 104. The summed E-state index contributed by atoms with van der Waals surface area (Å²) < 4.78 is 115. The van der Waals surface area contributed by atoms with Gasteiger partial charge in [-0.05, 0) is 159 Å². The van der Waals surface area contributed by atoms with Crippen LogP contribution < -0.4 is 0 Å². The molecule has 0 aromatic rings. The molecule has 8 aliphatic rings. The van der Waals surface area contributed by atoms with Crippen molar-refractivity contribution in [1.29, 1.82) is 0 Å². The Morgan fingerprint density at radius 2 is 0.733 bits per heavy atom. The predicted molar refractivity (Wildman–Crippen MR) is 489 cm³/mol. The molecule has 8 N–H and O–H groups in total. The summed E-state index contributed by atoms with van der Waals surface area (Å²) in [5, 5.41) is 68.3. The molecule has 0 amide bonds. The molecule has 770 valence electrons. The molecule has 8 aliphatic heterocycles. The van der Waals surface area contributed by atoms with Crippen molar-refractivity contribution in [3.05, 3.63) is 0 Å². The highest BCUT2D eigenvalue weighted by Gasteiger charge is 2.46. The van der Waals surface area contributed by atoms with Gasteiger partial charge in [0.2, 0.25) is 0 Å². The van der Waals surface area contributed by atoms with Crippen LogP contribution in [0, 0.1) is 0 Å². The van der Waals surface area contributed by atoms with Gasteiger partial charge in [-0.3, -0.25) is 68.2 Å². The van der Waals surface area contributed by atoms with Gasteiger partial charge in [-0.2, -0.15) is 17.6 Å². The lowest BCUT2D eigenvalue weighted by Crippen LogP contribution is -2.58.